The first-order valence-electron chi connectivity index (χ1n) is 4.41. The lowest BCUT2D eigenvalue weighted by Gasteiger charge is -2.40. The highest BCUT2D eigenvalue weighted by Crippen LogP contribution is 2.68. The maximum absolute atomic E-state index is 9.14. The third kappa shape index (κ3) is 1.12. The molecule has 15 heavy (non-hydrogen) atoms. The van der Waals surface area contributed by atoms with E-state index in [4.69, 9.17) is 56.9 Å². The van der Waals surface area contributed by atoms with Crippen molar-refractivity contribution >= 4 is 46.4 Å². The average Bonchev–Trinajstić information content (AvgIpc) is 2.60. The highest BCUT2D eigenvalue weighted by molar-refractivity contribution is 6.51. The number of halogens is 4. The van der Waals surface area contributed by atoms with Crippen LogP contribution in [-0.4, -0.2) is 15.1 Å². The molecule has 0 aromatic heterocycles. The first kappa shape index (κ1) is 11.6. The molecule has 0 amide bonds. The second-order valence-corrected chi connectivity index (χ2v) is 6.39. The maximum Gasteiger partial charge on any atom is 0.180 e. The third-order valence-corrected chi connectivity index (χ3v) is 5.92. The molecule has 0 aromatic rings. The fourth-order valence-electron chi connectivity index (χ4n) is 2.62. The molecular formula is C9H6Cl4N2. The summed E-state index contributed by atoms with van der Waals surface area (Å²) in [6.45, 7) is 0. The molecule has 0 N–H and O–H groups in total. The van der Waals surface area contributed by atoms with Gasteiger partial charge in [-0.3, -0.25) is 0 Å². The molecule has 2 nitrogen and oxygen atoms in total. The summed E-state index contributed by atoms with van der Waals surface area (Å²) in [7, 11) is 0. The summed E-state index contributed by atoms with van der Waals surface area (Å²) in [6.07, 6.45) is 0.538. The van der Waals surface area contributed by atoms with E-state index in [0.717, 1.165) is 0 Å². The van der Waals surface area contributed by atoms with Crippen molar-refractivity contribution in [2.24, 2.45) is 17.3 Å². The van der Waals surface area contributed by atoms with Crippen molar-refractivity contribution in [2.75, 3.05) is 0 Å². The van der Waals surface area contributed by atoms with Gasteiger partial charge in [-0.05, 0) is 6.42 Å². The molecule has 4 unspecified atom stereocenters. The van der Waals surface area contributed by atoms with Crippen LogP contribution in [-0.2, 0) is 0 Å². The zero-order valence-electron chi connectivity index (χ0n) is 7.42. The minimum Gasteiger partial charge on any atom is -0.196 e. The summed E-state index contributed by atoms with van der Waals surface area (Å²) in [5.74, 6) is -0.647. The summed E-state index contributed by atoms with van der Waals surface area (Å²) < 4.78 is -1.42. The highest BCUT2D eigenvalue weighted by atomic mass is 35.5. The zero-order valence-corrected chi connectivity index (χ0v) is 10.4. The molecule has 2 bridgehead atoms. The van der Waals surface area contributed by atoms with E-state index in [1.807, 2.05) is 12.1 Å². The standard InChI is InChI=1S/C9H6Cl4N2/c10-6-4-1-5(7(6)11)9(12,13)8(4,2-14)3-15/h4-7H,1H2. The molecule has 0 saturated heterocycles. The van der Waals surface area contributed by atoms with Crippen LogP contribution in [0.5, 0.6) is 0 Å². The highest BCUT2D eigenvalue weighted by Gasteiger charge is 2.74. The van der Waals surface area contributed by atoms with Crippen LogP contribution in [0.3, 0.4) is 0 Å². The molecule has 80 valence electrons. The Morgan fingerprint density at radius 3 is 1.87 bits per heavy atom. The summed E-state index contributed by atoms with van der Waals surface area (Å²) in [4.78, 5) is 0. The van der Waals surface area contributed by atoms with Crippen molar-refractivity contribution in [1.82, 2.24) is 0 Å². The molecule has 2 saturated carbocycles. The molecule has 4 atom stereocenters. The summed E-state index contributed by atoms with van der Waals surface area (Å²) >= 11 is 24.4. The second-order valence-electron chi connectivity index (χ2n) is 3.99. The van der Waals surface area contributed by atoms with Crippen LogP contribution < -0.4 is 0 Å². The molecule has 0 radical (unpaired) electrons. The minimum absolute atomic E-state index is 0.297. The van der Waals surface area contributed by atoms with Crippen molar-refractivity contribution in [1.29, 1.82) is 10.5 Å². The number of alkyl halides is 4. The SMILES string of the molecule is N#CC1(C#N)C2CC(C(Cl)C2Cl)C1(Cl)Cl. The largest absolute Gasteiger partial charge is 0.196 e. The Hall–Kier alpha value is 0.140. The Bertz CT molecular complexity index is 367. The number of nitrogens with zero attached hydrogens (tertiary/aromatic N) is 2. The monoisotopic (exact) mass is 282 g/mol. The fourth-order valence-corrected chi connectivity index (χ4v) is 4.58. The van der Waals surface area contributed by atoms with Crippen LogP contribution >= 0.6 is 46.4 Å². The van der Waals surface area contributed by atoms with Crippen LogP contribution in [0.4, 0.5) is 0 Å². The van der Waals surface area contributed by atoms with Crippen molar-refractivity contribution in [2.45, 2.75) is 21.5 Å². The smallest absolute Gasteiger partial charge is 0.180 e. The van der Waals surface area contributed by atoms with E-state index in [9.17, 15) is 0 Å². The number of rotatable bonds is 0. The predicted octanol–water partition coefficient (Wildman–Crippen LogP) is 3.06. The molecular weight excluding hydrogens is 278 g/mol. The van der Waals surface area contributed by atoms with Gasteiger partial charge in [0.2, 0.25) is 0 Å². The van der Waals surface area contributed by atoms with E-state index >= 15 is 0 Å². The van der Waals surface area contributed by atoms with E-state index < -0.39 is 15.1 Å². The number of hydrogen-bond acceptors (Lipinski definition) is 2. The molecule has 6 heteroatoms. The van der Waals surface area contributed by atoms with Gasteiger partial charge in [0.15, 0.2) is 9.75 Å². The van der Waals surface area contributed by atoms with Gasteiger partial charge in [-0.2, -0.15) is 10.5 Å². The fraction of sp³-hybridized carbons (Fsp3) is 0.778. The van der Waals surface area contributed by atoms with Gasteiger partial charge in [-0.25, -0.2) is 0 Å². The van der Waals surface area contributed by atoms with Crippen molar-refractivity contribution in [3.8, 4) is 12.1 Å². The number of nitriles is 2. The Morgan fingerprint density at radius 1 is 1.00 bits per heavy atom. The molecule has 0 heterocycles. The lowest BCUT2D eigenvalue weighted by molar-refractivity contribution is 0.307. The molecule has 2 aliphatic carbocycles. The normalized spacial score (nSPS) is 44.7. The Kier molecular flexibility index (Phi) is 2.57. The van der Waals surface area contributed by atoms with E-state index in [0.29, 0.717) is 6.42 Å². The second kappa shape index (κ2) is 3.31. The molecule has 0 aromatic carbocycles. The van der Waals surface area contributed by atoms with Crippen LogP contribution in [0.2, 0.25) is 0 Å². The molecule has 2 rings (SSSR count). The van der Waals surface area contributed by atoms with Gasteiger partial charge >= 0.3 is 0 Å². The van der Waals surface area contributed by atoms with Crippen LogP contribution in [0, 0.1) is 39.9 Å². The Morgan fingerprint density at radius 2 is 1.47 bits per heavy atom. The topological polar surface area (TPSA) is 47.6 Å². The first-order chi connectivity index (χ1) is 6.92. The third-order valence-electron chi connectivity index (χ3n) is 3.48. The molecule has 2 aliphatic rings. The van der Waals surface area contributed by atoms with Crippen molar-refractivity contribution in [3.05, 3.63) is 0 Å². The van der Waals surface area contributed by atoms with Crippen LogP contribution in [0.1, 0.15) is 6.42 Å². The quantitative estimate of drug-likeness (QED) is 0.642. The van der Waals surface area contributed by atoms with Gasteiger partial charge in [0.05, 0.1) is 22.9 Å². The van der Waals surface area contributed by atoms with E-state index in [1.165, 1.54) is 0 Å². The van der Waals surface area contributed by atoms with Gasteiger partial charge in [0.1, 0.15) is 0 Å². The van der Waals surface area contributed by atoms with Crippen LogP contribution in [0.25, 0.3) is 0 Å². The van der Waals surface area contributed by atoms with Crippen molar-refractivity contribution in [3.63, 3.8) is 0 Å². The van der Waals surface area contributed by atoms with Gasteiger partial charge in [-0.1, -0.05) is 23.2 Å². The van der Waals surface area contributed by atoms with Gasteiger partial charge in [0.25, 0.3) is 0 Å². The summed E-state index contributed by atoms with van der Waals surface area (Å²) in [5.41, 5.74) is -1.43. The Balaban J connectivity index is 2.55. The Labute approximate surface area is 108 Å². The van der Waals surface area contributed by atoms with Crippen LogP contribution in [0.15, 0.2) is 0 Å². The maximum atomic E-state index is 9.14. The van der Waals surface area contributed by atoms with Crippen molar-refractivity contribution < 1.29 is 0 Å². The van der Waals surface area contributed by atoms with Gasteiger partial charge in [-0.15, -0.1) is 23.2 Å². The lowest BCUT2D eigenvalue weighted by Crippen LogP contribution is -2.50. The summed E-state index contributed by atoms with van der Waals surface area (Å²) in [6, 6.07) is 3.86. The summed E-state index contributed by atoms with van der Waals surface area (Å²) in [5, 5.41) is 17.5. The van der Waals surface area contributed by atoms with E-state index in [-0.39, 0.29) is 17.2 Å². The number of hydrogen-bond donors (Lipinski definition) is 0. The lowest BCUT2D eigenvalue weighted by atomic mass is 9.74. The van der Waals surface area contributed by atoms with Gasteiger partial charge < -0.3 is 0 Å². The molecule has 0 aliphatic heterocycles. The zero-order chi connectivity index (χ0) is 11.4. The van der Waals surface area contributed by atoms with E-state index in [2.05, 4.69) is 0 Å². The molecule has 0 spiro atoms. The molecule has 2 fully saturated rings. The van der Waals surface area contributed by atoms with Gasteiger partial charge in [0, 0.05) is 11.8 Å². The number of fused-ring (bicyclic) bond motifs is 2. The first-order valence-corrected chi connectivity index (χ1v) is 6.03. The van der Waals surface area contributed by atoms with E-state index in [1.54, 1.807) is 0 Å². The predicted molar refractivity (Wildman–Crippen MR) is 59.0 cm³/mol. The average molecular weight is 284 g/mol. The minimum atomic E-state index is -1.43.